The first-order chi connectivity index (χ1) is 17.0. The SMILES string of the molecule is O=C(Nc1cccc(Br)c1)N1CCCC(CNc2cc(-c3ccccc3Cl)nc3c(Br)cnn23)C1. The van der Waals surface area contributed by atoms with Crippen LogP contribution in [0.4, 0.5) is 16.3 Å². The third-order valence-corrected chi connectivity index (χ3v) is 7.41. The van der Waals surface area contributed by atoms with Gasteiger partial charge in [-0.05, 0) is 59.0 Å². The maximum atomic E-state index is 12.8. The molecule has 180 valence electrons. The highest BCUT2D eigenvalue weighted by Gasteiger charge is 2.24. The Morgan fingerprint density at radius 1 is 1.14 bits per heavy atom. The minimum Gasteiger partial charge on any atom is -0.370 e. The molecule has 3 heterocycles. The van der Waals surface area contributed by atoms with Crippen molar-refractivity contribution < 1.29 is 4.79 Å². The lowest BCUT2D eigenvalue weighted by atomic mass is 9.98. The molecule has 4 aromatic rings. The zero-order valence-electron chi connectivity index (χ0n) is 18.7. The Hall–Kier alpha value is -2.62. The molecule has 7 nitrogen and oxygen atoms in total. The molecule has 2 aromatic carbocycles. The zero-order chi connectivity index (χ0) is 24.4. The van der Waals surface area contributed by atoms with E-state index in [-0.39, 0.29) is 6.03 Å². The summed E-state index contributed by atoms with van der Waals surface area (Å²) in [5.41, 5.74) is 3.12. The van der Waals surface area contributed by atoms with Gasteiger partial charge in [-0.2, -0.15) is 9.61 Å². The van der Waals surface area contributed by atoms with E-state index in [1.54, 1.807) is 10.7 Å². The number of likely N-dealkylation sites (tertiary alicyclic amines) is 1. The molecular weight excluding hydrogens is 596 g/mol. The van der Waals surface area contributed by atoms with E-state index in [4.69, 9.17) is 16.6 Å². The molecule has 1 fully saturated rings. The predicted octanol–water partition coefficient (Wildman–Crippen LogP) is 6.93. The van der Waals surface area contributed by atoms with Crippen LogP contribution >= 0.6 is 43.5 Å². The number of amides is 2. The first-order valence-electron chi connectivity index (χ1n) is 11.3. The van der Waals surface area contributed by atoms with Gasteiger partial charge in [-0.15, -0.1) is 0 Å². The van der Waals surface area contributed by atoms with E-state index in [0.29, 0.717) is 29.7 Å². The van der Waals surface area contributed by atoms with Crippen molar-refractivity contribution in [3.63, 3.8) is 0 Å². The van der Waals surface area contributed by atoms with Gasteiger partial charge in [-0.3, -0.25) is 0 Å². The number of nitrogens with one attached hydrogen (secondary N) is 2. The van der Waals surface area contributed by atoms with Gasteiger partial charge in [0, 0.05) is 46.4 Å². The van der Waals surface area contributed by atoms with Crippen molar-refractivity contribution in [2.75, 3.05) is 30.3 Å². The van der Waals surface area contributed by atoms with Crippen molar-refractivity contribution in [3.8, 4) is 11.3 Å². The van der Waals surface area contributed by atoms with Crippen LogP contribution in [0.25, 0.3) is 16.9 Å². The van der Waals surface area contributed by atoms with E-state index < -0.39 is 0 Å². The molecule has 0 radical (unpaired) electrons. The third kappa shape index (κ3) is 5.47. The predicted molar refractivity (Wildman–Crippen MR) is 147 cm³/mol. The van der Waals surface area contributed by atoms with Crippen LogP contribution in [0.15, 0.2) is 69.7 Å². The number of fused-ring (bicyclic) bond motifs is 1. The van der Waals surface area contributed by atoms with Gasteiger partial charge in [-0.1, -0.05) is 51.8 Å². The maximum absolute atomic E-state index is 12.8. The second-order valence-electron chi connectivity index (χ2n) is 8.51. The average molecular weight is 619 g/mol. The molecule has 1 atom stereocenters. The molecule has 0 spiro atoms. The molecule has 10 heteroatoms. The smallest absolute Gasteiger partial charge is 0.321 e. The van der Waals surface area contributed by atoms with Crippen LogP contribution in [0, 0.1) is 5.92 Å². The Labute approximate surface area is 225 Å². The monoisotopic (exact) mass is 616 g/mol. The molecule has 1 saturated heterocycles. The van der Waals surface area contributed by atoms with E-state index in [0.717, 1.165) is 51.1 Å². The fraction of sp³-hybridized carbons (Fsp3) is 0.240. The molecule has 2 amide bonds. The third-order valence-electron chi connectivity index (χ3n) is 6.03. The minimum absolute atomic E-state index is 0.0730. The number of urea groups is 1. The molecule has 1 unspecified atom stereocenters. The standard InChI is InChI=1S/C25H23Br2ClN6O/c26-17-6-3-7-18(11-17)31-25(35)33-10-4-5-16(15-33)13-29-23-12-22(19-8-1-2-9-21(19)28)32-24-20(27)14-30-34(23)24/h1-3,6-9,11-12,14,16,29H,4-5,10,13,15H2,(H,31,35). The Kier molecular flexibility index (Phi) is 7.27. The lowest BCUT2D eigenvalue weighted by molar-refractivity contribution is 0.180. The first-order valence-corrected chi connectivity index (χ1v) is 13.3. The molecule has 0 aliphatic carbocycles. The van der Waals surface area contributed by atoms with Gasteiger partial charge in [0.2, 0.25) is 0 Å². The Morgan fingerprint density at radius 2 is 2.00 bits per heavy atom. The average Bonchev–Trinajstić information content (AvgIpc) is 3.24. The number of anilines is 2. The normalized spacial score (nSPS) is 15.9. The second kappa shape index (κ2) is 10.6. The number of nitrogens with zero attached hydrogens (tertiary/aromatic N) is 4. The summed E-state index contributed by atoms with van der Waals surface area (Å²) in [5, 5.41) is 11.7. The van der Waals surface area contributed by atoms with Crippen LogP contribution in [0.2, 0.25) is 5.02 Å². The highest BCUT2D eigenvalue weighted by molar-refractivity contribution is 9.11. The molecule has 0 saturated carbocycles. The number of aromatic nitrogens is 3. The summed E-state index contributed by atoms with van der Waals surface area (Å²) in [6.07, 6.45) is 3.74. The van der Waals surface area contributed by atoms with Crippen LogP contribution in [-0.4, -0.2) is 45.2 Å². The number of piperidine rings is 1. The maximum Gasteiger partial charge on any atom is 0.321 e. The molecule has 2 N–H and O–H groups in total. The van der Waals surface area contributed by atoms with Crippen LogP contribution < -0.4 is 10.6 Å². The van der Waals surface area contributed by atoms with E-state index in [9.17, 15) is 4.79 Å². The van der Waals surface area contributed by atoms with Crippen LogP contribution in [0.1, 0.15) is 12.8 Å². The number of carbonyl (C=O) groups is 1. The summed E-state index contributed by atoms with van der Waals surface area (Å²) in [5.74, 6) is 1.13. The van der Waals surface area contributed by atoms with Gasteiger partial charge in [0.1, 0.15) is 5.82 Å². The molecule has 0 bridgehead atoms. The van der Waals surface area contributed by atoms with E-state index in [1.807, 2.05) is 59.5 Å². The number of hydrogen-bond donors (Lipinski definition) is 2. The summed E-state index contributed by atoms with van der Waals surface area (Å²) in [6.45, 7) is 2.14. The zero-order valence-corrected chi connectivity index (χ0v) is 22.6. The number of benzene rings is 2. The van der Waals surface area contributed by atoms with Crippen molar-refractivity contribution in [2.45, 2.75) is 12.8 Å². The molecule has 1 aliphatic heterocycles. The summed E-state index contributed by atoms with van der Waals surface area (Å²) in [7, 11) is 0. The van der Waals surface area contributed by atoms with Crippen LogP contribution in [-0.2, 0) is 0 Å². The number of carbonyl (C=O) groups excluding carboxylic acids is 1. The second-order valence-corrected chi connectivity index (χ2v) is 10.7. The Morgan fingerprint density at radius 3 is 2.83 bits per heavy atom. The fourth-order valence-electron chi connectivity index (χ4n) is 4.30. The minimum atomic E-state index is -0.0730. The lowest BCUT2D eigenvalue weighted by Gasteiger charge is -2.33. The van der Waals surface area contributed by atoms with Crippen molar-refractivity contribution in [1.29, 1.82) is 0 Å². The number of halogens is 3. The van der Waals surface area contributed by atoms with Crippen LogP contribution in [0.3, 0.4) is 0 Å². The van der Waals surface area contributed by atoms with Crippen molar-refractivity contribution in [2.24, 2.45) is 5.92 Å². The Bertz CT molecular complexity index is 1380. The molecule has 1 aliphatic rings. The van der Waals surface area contributed by atoms with Crippen LogP contribution in [0.5, 0.6) is 0 Å². The number of hydrogen-bond acceptors (Lipinski definition) is 4. The molecule has 2 aromatic heterocycles. The summed E-state index contributed by atoms with van der Waals surface area (Å²) in [4.78, 5) is 19.5. The largest absolute Gasteiger partial charge is 0.370 e. The van der Waals surface area contributed by atoms with E-state index >= 15 is 0 Å². The van der Waals surface area contributed by atoms with Gasteiger partial charge in [0.05, 0.1) is 16.4 Å². The molecule has 35 heavy (non-hydrogen) atoms. The summed E-state index contributed by atoms with van der Waals surface area (Å²) >= 11 is 13.4. The molecular formula is C25H23Br2ClN6O. The van der Waals surface area contributed by atoms with Gasteiger partial charge in [-0.25, -0.2) is 9.78 Å². The highest BCUT2D eigenvalue weighted by Crippen LogP contribution is 2.30. The molecule has 5 rings (SSSR count). The van der Waals surface area contributed by atoms with Crippen molar-refractivity contribution in [1.82, 2.24) is 19.5 Å². The highest BCUT2D eigenvalue weighted by atomic mass is 79.9. The fourth-order valence-corrected chi connectivity index (χ4v) is 5.28. The van der Waals surface area contributed by atoms with E-state index in [1.165, 1.54) is 0 Å². The summed E-state index contributed by atoms with van der Waals surface area (Å²) in [6, 6.07) is 17.2. The van der Waals surface area contributed by atoms with Gasteiger partial charge < -0.3 is 15.5 Å². The van der Waals surface area contributed by atoms with Crippen molar-refractivity contribution in [3.05, 3.63) is 74.8 Å². The van der Waals surface area contributed by atoms with Gasteiger partial charge in [0.15, 0.2) is 5.65 Å². The summed E-state index contributed by atoms with van der Waals surface area (Å²) < 4.78 is 3.52. The quantitative estimate of drug-likeness (QED) is 0.254. The Balaban J connectivity index is 1.31. The number of rotatable bonds is 5. The lowest BCUT2D eigenvalue weighted by Crippen LogP contribution is -2.44. The van der Waals surface area contributed by atoms with E-state index in [2.05, 4.69) is 47.6 Å². The van der Waals surface area contributed by atoms with Gasteiger partial charge in [0.25, 0.3) is 0 Å². The van der Waals surface area contributed by atoms with Gasteiger partial charge >= 0.3 is 6.03 Å². The topological polar surface area (TPSA) is 74.6 Å². The van der Waals surface area contributed by atoms with Crippen molar-refractivity contribution >= 4 is 66.6 Å². The first kappa shape index (κ1) is 24.1.